The second-order valence-corrected chi connectivity index (χ2v) is 5.67. The second kappa shape index (κ2) is 6.42. The van der Waals surface area contributed by atoms with Gasteiger partial charge in [-0.2, -0.15) is 0 Å². The van der Waals surface area contributed by atoms with Crippen LogP contribution in [0.4, 0.5) is 0 Å². The molecule has 0 aromatic heterocycles. The monoisotopic (exact) mass is 357 g/mol. The van der Waals surface area contributed by atoms with Crippen molar-refractivity contribution in [2.75, 3.05) is 0 Å². The Morgan fingerprint density at radius 1 is 1.11 bits per heavy atom. The first-order chi connectivity index (χ1) is 9.06. The molecule has 0 aliphatic carbocycles. The Balaban J connectivity index is 2.03. The fraction of sp³-hybridized carbons (Fsp3) is 0.0714. The Bertz CT molecular complexity index is 616. The van der Waals surface area contributed by atoms with Crippen molar-refractivity contribution in [1.29, 1.82) is 0 Å². The van der Waals surface area contributed by atoms with Crippen molar-refractivity contribution in [3.05, 3.63) is 68.1 Å². The van der Waals surface area contributed by atoms with E-state index in [1.54, 1.807) is 18.2 Å². The summed E-state index contributed by atoms with van der Waals surface area (Å²) in [6.07, 6.45) is 0. The van der Waals surface area contributed by atoms with E-state index in [9.17, 15) is 4.79 Å². The van der Waals surface area contributed by atoms with E-state index in [1.165, 1.54) is 0 Å². The van der Waals surface area contributed by atoms with Gasteiger partial charge in [-0.25, -0.2) is 0 Å². The van der Waals surface area contributed by atoms with Crippen LogP contribution < -0.4 is 5.32 Å². The third-order valence-corrected chi connectivity index (χ3v) is 3.76. The average molecular weight is 359 g/mol. The fourth-order valence-corrected chi connectivity index (χ4v) is 2.31. The molecule has 1 amide bonds. The van der Waals surface area contributed by atoms with E-state index in [4.69, 9.17) is 23.2 Å². The minimum atomic E-state index is -0.182. The number of nitrogens with one attached hydrogen (secondary N) is 1. The van der Waals surface area contributed by atoms with Crippen LogP contribution in [0.5, 0.6) is 0 Å². The van der Waals surface area contributed by atoms with E-state index in [0.717, 1.165) is 10.0 Å². The van der Waals surface area contributed by atoms with Gasteiger partial charge in [-0.15, -0.1) is 0 Å². The van der Waals surface area contributed by atoms with Crippen LogP contribution in [-0.2, 0) is 6.54 Å². The summed E-state index contributed by atoms with van der Waals surface area (Å²) >= 11 is 15.1. The number of halogens is 3. The molecule has 2 nitrogen and oxygen atoms in total. The number of hydrogen-bond donors (Lipinski definition) is 1. The van der Waals surface area contributed by atoms with Gasteiger partial charge in [-0.05, 0) is 35.9 Å². The van der Waals surface area contributed by atoms with Gasteiger partial charge < -0.3 is 5.32 Å². The maximum absolute atomic E-state index is 11.9. The Hall–Kier alpha value is -1.03. The molecule has 19 heavy (non-hydrogen) atoms. The van der Waals surface area contributed by atoms with Crippen molar-refractivity contribution in [3.8, 4) is 0 Å². The van der Waals surface area contributed by atoms with Crippen LogP contribution in [0.1, 0.15) is 15.9 Å². The molecule has 0 fully saturated rings. The van der Waals surface area contributed by atoms with Gasteiger partial charge in [-0.1, -0.05) is 51.3 Å². The SMILES string of the molecule is O=C(NCc1cccc(Br)c1)c1ccc(Cl)c(Cl)c1. The number of rotatable bonds is 3. The van der Waals surface area contributed by atoms with Crippen LogP contribution in [0.3, 0.4) is 0 Å². The number of benzene rings is 2. The number of carbonyl (C=O) groups excluding carboxylic acids is 1. The molecular weight excluding hydrogens is 349 g/mol. The predicted octanol–water partition coefficient (Wildman–Crippen LogP) is 4.69. The molecule has 0 aliphatic rings. The standard InChI is InChI=1S/C14H10BrCl2NO/c15-11-3-1-2-9(6-11)8-18-14(19)10-4-5-12(16)13(17)7-10/h1-7H,8H2,(H,18,19). The molecule has 0 unspecified atom stereocenters. The maximum Gasteiger partial charge on any atom is 0.251 e. The van der Waals surface area contributed by atoms with Crippen molar-refractivity contribution >= 4 is 45.0 Å². The minimum Gasteiger partial charge on any atom is -0.348 e. The summed E-state index contributed by atoms with van der Waals surface area (Å²) in [7, 11) is 0. The number of carbonyl (C=O) groups is 1. The summed E-state index contributed by atoms with van der Waals surface area (Å²) < 4.78 is 0.980. The van der Waals surface area contributed by atoms with Gasteiger partial charge in [0.1, 0.15) is 0 Å². The Labute approximate surface area is 129 Å². The largest absolute Gasteiger partial charge is 0.348 e. The third-order valence-electron chi connectivity index (χ3n) is 2.52. The van der Waals surface area contributed by atoms with Crippen LogP contribution in [0.25, 0.3) is 0 Å². The Kier molecular flexibility index (Phi) is 4.86. The van der Waals surface area contributed by atoms with E-state index in [2.05, 4.69) is 21.2 Å². The summed E-state index contributed by atoms with van der Waals surface area (Å²) in [6, 6.07) is 12.6. The van der Waals surface area contributed by atoms with Crippen LogP contribution in [-0.4, -0.2) is 5.91 Å². The van der Waals surface area contributed by atoms with Crippen LogP contribution in [0.2, 0.25) is 10.0 Å². The van der Waals surface area contributed by atoms with Crippen molar-refractivity contribution < 1.29 is 4.79 Å². The molecule has 0 saturated carbocycles. The molecule has 2 rings (SSSR count). The highest BCUT2D eigenvalue weighted by Gasteiger charge is 2.07. The molecule has 0 radical (unpaired) electrons. The van der Waals surface area contributed by atoms with Gasteiger partial charge >= 0.3 is 0 Å². The van der Waals surface area contributed by atoms with Crippen molar-refractivity contribution in [2.45, 2.75) is 6.54 Å². The maximum atomic E-state index is 11.9. The van der Waals surface area contributed by atoms with E-state index in [1.807, 2.05) is 24.3 Å². The molecule has 1 N–H and O–H groups in total. The zero-order valence-corrected chi connectivity index (χ0v) is 12.9. The second-order valence-electron chi connectivity index (χ2n) is 3.94. The zero-order valence-electron chi connectivity index (χ0n) is 9.79. The lowest BCUT2D eigenvalue weighted by molar-refractivity contribution is 0.0951. The summed E-state index contributed by atoms with van der Waals surface area (Å²) in [6.45, 7) is 0.457. The van der Waals surface area contributed by atoms with Crippen molar-refractivity contribution in [3.63, 3.8) is 0 Å². The number of amides is 1. The summed E-state index contributed by atoms with van der Waals surface area (Å²) in [5, 5.41) is 3.64. The quantitative estimate of drug-likeness (QED) is 0.847. The van der Waals surface area contributed by atoms with E-state index in [0.29, 0.717) is 22.2 Å². The van der Waals surface area contributed by atoms with E-state index in [-0.39, 0.29) is 5.91 Å². The van der Waals surface area contributed by atoms with Gasteiger partial charge in [-0.3, -0.25) is 4.79 Å². The van der Waals surface area contributed by atoms with Gasteiger partial charge in [0.05, 0.1) is 10.0 Å². The number of hydrogen-bond acceptors (Lipinski definition) is 1. The van der Waals surface area contributed by atoms with Gasteiger partial charge in [0, 0.05) is 16.6 Å². The summed E-state index contributed by atoms with van der Waals surface area (Å²) in [5.41, 5.74) is 1.51. The lowest BCUT2D eigenvalue weighted by Gasteiger charge is -2.06. The molecule has 5 heteroatoms. The topological polar surface area (TPSA) is 29.1 Å². The minimum absolute atomic E-state index is 0.182. The van der Waals surface area contributed by atoms with Crippen LogP contribution in [0.15, 0.2) is 46.9 Å². The average Bonchev–Trinajstić information content (AvgIpc) is 2.39. The summed E-state index contributed by atoms with van der Waals surface area (Å²) in [5.74, 6) is -0.182. The normalized spacial score (nSPS) is 10.3. The predicted molar refractivity (Wildman–Crippen MR) is 81.8 cm³/mol. The lowest BCUT2D eigenvalue weighted by Crippen LogP contribution is -2.22. The van der Waals surface area contributed by atoms with Crippen molar-refractivity contribution in [2.24, 2.45) is 0 Å². The first kappa shape index (κ1) is 14.4. The molecule has 0 saturated heterocycles. The molecule has 2 aromatic rings. The molecular formula is C14H10BrCl2NO. The highest BCUT2D eigenvalue weighted by Crippen LogP contribution is 2.22. The highest BCUT2D eigenvalue weighted by atomic mass is 79.9. The molecule has 0 heterocycles. The molecule has 98 valence electrons. The first-order valence-corrected chi connectivity index (χ1v) is 7.09. The van der Waals surface area contributed by atoms with E-state index < -0.39 is 0 Å². The van der Waals surface area contributed by atoms with Crippen molar-refractivity contribution in [1.82, 2.24) is 5.32 Å². The summed E-state index contributed by atoms with van der Waals surface area (Å²) in [4.78, 5) is 11.9. The van der Waals surface area contributed by atoms with Crippen LogP contribution >= 0.6 is 39.1 Å². The lowest BCUT2D eigenvalue weighted by atomic mass is 10.2. The third kappa shape index (κ3) is 3.96. The molecule has 0 aliphatic heterocycles. The molecule has 0 spiro atoms. The van der Waals surface area contributed by atoms with Gasteiger partial charge in [0.25, 0.3) is 5.91 Å². The van der Waals surface area contributed by atoms with E-state index >= 15 is 0 Å². The zero-order chi connectivity index (χ0) is 13.8. The van der Waals surface area contributed by atoms with Gasteiger partial charge in [0.2, 0.25) is 0 Å². The molecule has 0 bridgehead atoms. The van der Waals surface area contributed by atoms with Gasteiger partial charge in [0.15, 0.2) is 0 Å². The smallest absolute Gasteiger partial charge is 0.251 e. The molecule has 2 aromatic carbocycles. The molecule has 0 atom stereocenters. The van der Waals surface area contributed by atoms with Crippen LogP contribution in [0, 0.1) is 0 Å². The Morgan fingerprint density at radius 2 is 1.89 bits per heavy atom. The highest BCUT2D eigenvalue weighted by molar-refractivity contribution is 9.10. The first-order valence-electron chi connectivity index (χ1n) is 5.54. The Morgan fingerprint density at radius 3 is 2.58 bits per heavy atom. The fourth-order valence-electron chi connectivity index (χ4n) is 1.57.